The van der Waals surface area contributed by atoms with Crippen molar-refractivity contribution in [2.24, 2.45) is 0 Å². The fraction of sp³-hybridized carbons (Fsp3) is 0.286. The van der Waals surface area contributed by atoms with Crippen molar-refractivity contribution in [3.8, 4) is 11.3 Å². The molecule has 1 fully saturated rings. The van der Waals surface area contributed by atoms with Gasteiger partial charge in [-0.3, -0.25) is 0 Å². The van der Waals surface area contributed by atoms with Gasteiger partial charge in [0.2, 0.25) is 0 Å². The standard InChI is InChI=1S/C14H14N2O2S/c1-16(9-6-7-9)14-15-12(8-19-14)10-4-2-3-5-11(10)13(17)18/h2-5,8-9H,6-7H2,1H3,(H,17,18). The van der Waals surface area contributed by atoms with Crippen LogP contribution < -0.4 is 4.90 Å². The summed E-state index contributed by atoms with van der Waals surface area (Å²) in [4.78, 5) is 18.0. The van der Waals surface area contributed by atoms with E-state index in [0.717, 1.165) is 10.8 Å². The van der Waals surface area contributed by atoms with Crippen LogP contribution in [0.25, 0.3) is 11.3 Å². The van der Waals surface area contributed by atoms with Crippen molar-refractivity contribution in [1.29, 1.82) is 0 Å². The van der Waals surface area contributed by atoms with Crippen molar-refractivity contribution >= 4 is 22.4 Å². The van der Waals surface area contributed by atoms with Gasteiger partial charge in [-0.15, -0.1) is 11.3 Å². The van der Waals surface area contributed by atoms with Crippen molar-refractivity contribution in [3.63, 3.8) is 0 Å². The summed E-state index contributed by atoms with van der Waals surface area (Å²) in [6.45, 7) is 0. The van der Waals surface area contributed by atoms with E-state index in [1.54, 1.807) is 29.5 Å². The highest BCUT2D eigenvalue weighted by molar-refractivity contribution is 7.14. The summed E-state index contributed by atoms with van der Waals surface area (Å²) in [5, 5.41) is 12.1. The second-order valence-electron chi connectivity index (χ2n) is 4.71. The monoisotopic (exact) mass is 274 g/mol. The fourth-order valence-electron chi connectivity index (χ4n) is 2.06. The van der Waals surface area contributed by atoms with E-state index in [2.05, 4.69) is 9.88 Å². The minimum absolute atomic E-state index is 0.299. The lowest BCUT2D eigenvalue weighted by atomic mass is 10.1. The fourth-order valence-corrected chi connectivity index (χ4v) is 2.92. The molecule has 0 bridgehead atoms. The highest BCUT2D eigenvalue weighted by Crippen LogP contribution is 2.34. The molecule has 5 heteroatoms. The van der Waals surface area contributed by atoms with Crippen LogP contribution in [0.15, 0.2) is 29.6 Å². The van der Waals surface area contributed by atoms with E-state index in [0.29, 0.717) is 17.2 Å². The number of carboxylic acid groups (broad SMARTS) is 1. The lowest BCUT2D eigenvalue weighted by Gasteiger charge is -2.13. The van der Waals surface area contributed by atoms with Crippen molar-refractivity contribution in [3.05, 3.63) is 35.2 Å². The van der Waals surface area contributed by atoms with Crippen LogP contribution >= 0.6 is 11.3 Å². The van der Waals surface area contributed by atoms with Crippen LogP contribution in [0.1, 0.15) is 23.2 Å². The molecule has 4 nitrogen and oxygen atoms in total. The summed E-state index contributed by atoms with van der Waals surface area (Å²) < 4.78 is 0. The average molecular weight is 274 g/mol. The normalized spacial score (nSPS) is 14.4. The smallest absolute Gasteiger partial charge is 0.336 e. The van der Waals surface area contributed by atoms with E-state index in [4.69, 9.17) is 0 Å². The number of aromatic nitrogens is 1. The molecule has 98 valence electrons. The molecule has 1 aliphatic carbocycles. The SMILES string of the molecule is CN(c1nc(-c2ccccc2C(=O)O)cs1)C1CC1. The molecule has 0 aliphatic heterocycles. The molecule has 0 radical (unpaired) electrons. The Bertz CT molecular complexity index is 619. The Morgan fingerprint density at radius 2 is 2.16 bits per heavy atom. The summed E-state index contributed by atoms with van der Waals surface area (Å²) in [5.41, 5.74) is 1.72. The Morgan fingerprint density at radius 1 is 1.42 bits per heavy atom. The Hall–Kier alpha value is -1.88. The molecular formula is C14H14N2O2S. The molecule has 0 spiro atoms. The third-order valence-corrected chi connectivity index (χ3v) is 4.25. The van der Waals surface area contributed by atoms with Crippen LogP contribution in [0.4, 0.5) is 5.13 Å². The van der Waals surface area contributed by atoms with Gasteiger partial charge in [-0.05, 0) is 18.9 Å². The number of carboxylic acids is 1. The first-order chi connectivity index (χ1) is 9.16. The molecule has 1 aliphatic rings. The molecule has 3 rings (SSSR count). The maximum atomic E-state index is 11.2. The van der Waals surface area contributed by atoms with Crippen LogP contribution in [0.5, 0.6) is 0 Å². The van der Waals surface area contributed by atoms with Gasteiger partial charge in [-0.1, -0.05) is 18.2 Å². The minimum atomic E-state index is -0.916. The van der Waals surface area contributed by atoms with Gasteiger partial charge in [0.1, 0.15) is 0 Å². The molecule has 0 atom stereocenters. The first-order valence-corrected chi connectivity index (χ1v) is 7.06. The minimum Gasteiger partial charge on any atom is -0.478 e. The van der Waals surface area contributed by atoms with Crippen molar-refractivity contribution in [2.75, 3.05) is 11.9 Å². The molecule has 1 N–H and O–H groups in total. The van der Waals surface area contributed by atoms with E-state index < -0.39 is 5.97 Å². The van der Waals surface area contributed by atoms with E-state index >= 15 is 0 Å². The van der Waals surface area contributed by atoms with E-state index in [1.807, 2.05) is 18.5 Å². The number of thiazole rings is 1. The van der Waals surface area contributed by atoms with Crippen molar-refractivity contribution in [1.82, 2.24) is 4.98 Å². The summed E-state index contributed by atoms with van der Waals surface area (Å²) >= 11 is 1.56. The second kappa shape index (κ2) is 4.66. The number of rotatable bonds is 4. The van der Waals surface area contributed by atoms with Gasteiger partial charge in [-0.25, -0.2) is 9.78 Å². The molecule has 1 saturated carbocycles. The van der Waals surface area contributed by atoms with Gasteiger partial charge in [0, 0.05) is 24.0 Å². The Balaban J connectivity index is 1.96. The Labute approximate surface area is 115 Å². The van der Waals surface area contributed by atoms with Crippen LogP contribution in [-0.4, -0.2) is 29.1 Å². The Morgan fingerprint density at radius 3 is 2.84 bits per heavy atom. The first-order valence-electron chi connectivity index (χ1n) is 6.18. The lowest BCUT2D eigenvalue weighted by molar-refractivity contribution is 0.0697. The quantitative estimate of drug-likeness (QED) is 0.930. The zero-order chi connectivity index (χ0) is 13.4. The predicted octanol–water partition coefficient (Wildman–Crippen LogP) is 3.11. The molecule has 2 aromatic rings. The molecule has 19 heavy (non-hydrogen) atoms. The molecule has 1 aromatic carbocycles. The molecule has 1 aromatic heterocycles. The zero-order valence-electron chi connectivity index (χ0n) is 10.5. The van der Waals surface area contributed by atoms with E-state index in [9.17, 15) is 9.90 Å². The summed E-state index contributed by atoms with van der Waals surface area (Å²) in [6.07, 6.45) is 2.44. The van der Waals surface area contributed by atoms with Gasteiger partial charge in [0.15, 0.2) is 5.13 Å². The topological polar surface area (TPSA) is 53.4 Å². The number of aromatic carboxylic acids is 1. The molecule has 0 unspecified atom stereocenters. The van der Waals surface area contributed by atoms with E-state index in [-0.39, 0.29) is 0 Å². The molecular weight excluding hydrogens is 260 g/mol. The summed E-state index contributed by atoms with van der Waals surface area (Å²) in [5.74, 6) is -0.916. The van der Waals surface area contributed by atoms with Crippen molar-refractivity contribution in [2.45, 2.75) is 18.9 Å². The number of hydrogen-bond acceptors (Lipinski definition) is 4. The number of carbonyl (C=O) groups is 1. The van der Waals surface area contributed by atoms with Gasteiger partial charge in [0.25, 0.3) is 0 Å². The third-order valence-electron chi connectivity index (χ3n) is 3.32. The second-order valence-corrected chi connectivity index (χ2v) is 5.54. The van der Waals surface area contributed by atoms with Gasteiger partial charge in [-0.2, -0.15) is 0 Å². The van der Waals surface area contributed by atoms with Crippen LogP contribution in [0.2, 0.25) is 0 Å². The third kappa shape index (κ3) is 2.33. The lowest BCUT2D eigenvalue weighted by Crippen LogP contribution is -2.18. The maximum Gasteiger partial charge on any atom is 0.336 e. The highest BCUT2D eigenvalue weighted by Gasteiger charge is 2.28. The average Bonchev–Trinajstić information content (AvgIpc) is 3.15. The summed E-state index contributed by atoms with van der Waals surface area (Å²) in [6, 6.07) is 7.59. The van der Waals surface area contributed by atoms with Gasteiger partial charge >= 0.3 is 5.97 Å². The zero-order valence-corrected chi connectivity index (χ0v) is 11.4. The van der Waals surface area contributed by atoms with Gasteiger partial charge < -0.3 is 10.0 Å². The number of anilines is 1. The number of benzene rings is 1. The summed E-state index contributed by atoms with van der Waals surface area (Å²) in [7, 11) is 2.05. The van der Waals surface area contributed by atoms with Crippen molar-refractivity contribution < 1.29 is 9.90 Å². The number of nitrogens with zero attached hydrogens (tertiary/aromatic N) is 2. The largest absolute Gasteiger partial charge is 0.478 e. The maximum absolute atomic E-state index is 11.2. The Kier molecular flexibility index (Phi) is 2.98. The number of hydrogen-bond donors (Lipinski definition) is 1. The van der Waals surface area contributed by atoms with E-state index in [1.165, 1.54) is 12.8 Å². The van der Waals surface area contributed by atoms with Crippen LogP contribution in [-0.2, 0) is 0 Å². The van der Waals surface area contributed by atoms with Crippen LogP contribution in [0.3, 0.4) is 0 Å². The highest BCUT2D eigenvalue weighted by atomic mass is 32.1. The molecule has 0 saturated heterocycles. The predicted molar refractivity (Wildman–Crippen MR) is 75.9 cm³/mol. The van der Waals surface area contributed by atoms with Crippen LogP contribution in [0, 0.1) is 0 Å². The first kappa shape index (κ1) is 12.2. The molecule has 1 heterocycles. The van der Waals surface area contributed by atoms with Gasteiger partial charge in [0.05, 0.1) is 11.3 Å². The molecule has 0 amide bonds.